The zero-order chi connectivity index (χ0) is 11.4. The zero-order valence-corrected chi connectivity index (χ0v) is 9.23. The molecular weight excluding hydrogens is 202 g/mol. The first-order valence-electron chi connectivity index (χ1n) is 5.00. The van der Waals surface area contributed by atoms with Gasteiger partial charge in [-0.1, -0.05) is 18.2 Å². The van der Waals surface area contributed by atoms with E-state index in [9.17, 15) is 0 Å². The summed E-state index contributed by atoms with van der Waals surface area (Å²) in [5.41, 5.74) is 0.954. The molecule has 0 bridgehead atoms. The number of para-hydroxylation sites is 1. The lowest BCUT2D eigenvalue weighted by molar-refractivity contribution is 0.984. The van der Waals surface area contributed by atoms with Crippen LogP contribution in [-0.2, 0) is 0 Å². The summed E-state index contributed by atoms with van der Waals surface area (Å²) < 4.78 is 0. The van der Waals surface area contributed by atoms with Gasteiger partial charge in [-0.3, -0.25) is 0 Å². The summed E-state index contributed by atoms with van der Waals surface area (Å²) in [5, 5.41) is 6.01. The lowest BCUT2D eigenvalue weighted by Crippen LogP contribution is -2.04. The van der Waals surface area contributed by atoms with Gasteiger partial charge in [0.1, 0.15) is 5.82 Å². The number of benzene rings is 1. The van der Waals surface area contributed by atoms with Crippen molar-refractivity contribution >= 4 is 17.6 Å². The van der Waals surface area contributed by atoms with Gasteiger partial charge in [-0.05, 0) is 19.1 Å². The minimum Gasteiger partial charge on any atom is -0.357 e. The molecule has 0 spiro atoms. The second-order valence-electron chi connectivity index (χ2n) is 3.27. The Balaban J connectivity index is 2.24. The van der Waals surface area contributed by atoms with Gasteiger partial charge in [0.25, 0.3) is 0 Å². The summed E-state index contributed by atoms with van der Waals surface area (Å²) in [4.78, 5) is 12.5. The van der Waals surface area contributed by atoms with E-state index in [0.29, 0.717) is 17.7 Å². The molecule has 0 fully saturated rings. The molecule has 0 aliphatic rings. The number of rotatable bonds is 3. The first-order valence-corrected chi connectivity index (χ1v) is 5.00. The molecule has 0 unspecified atom stereocenters. The average Bonchev–Trinajstić information content (AvgIpc) is 2.29. The SMILES string of the molecule is CNc1nc(C)nc(Nc2ccccc2)n1. The van der Waals surface area contributed by atoms with Gasteiger partial charge in [-0.15, -0.1) is 0 Å². The lowest BCUT2D eigenvalue weighted by atomic mass is 10.3. The molecule has 1 aromatic carbocycles. The fraction of sp³-hybridized carbons (Fsp3) is 0.182. The van der Waals surface area contributed by atoms with E-state index < -0.39 is 0 Å². The third-order valence-electron chi connectivity index (χ3n) is 2.00. The molecule has 0 amide bonds. The molecule has 5 nitrogen and oxygen atoms in total. The molecule has 0 aliphatic heterocycles. The largest absolute Gasteiger partial charge is 0.357 e. The Morgan fingerprint density at radius 1 is 0.938 bits per heavy atom. The molecule has 2 rings (SSSR count). The molecule has 0 radical (unpaired) electrons. The van der Waals surface area contributed by atoms with E-state index >= 15 is 0 Å². The number of hydrogen-bond acceptors (Lipinski definition) is 5. The normalized spacial score (nSPS) is 9.88. The molecular formula is C11H13N5. The Bertz CT molecular complexity index is 469. The van der Waals surface area contributed by atoms with E-state index in [-0.39, 0.29) is 0 Å². The Morgan fingerprint density at radius 2 is 1.62 bits per heavy atom. The van der Waals surface area contributed by atoms with Crippen LogP contribution in [0.3, 0.4) is 0 Å². The third-order valence-corrected chi connectivity index (χ3v) is 2.00. The van der Waals surface area contributed by atoms with Crippen LogP contribution in [0.25, 0.3) is 0 Å². The van der Waals surface area contributed by atoms with Gasteiger partial charge in [0.05, 0.1) is 0 Å². The molecule has 1 aromatic heterocycles. The summed E-state index contributed by atoms with van der Waals surface area (Å²) in [5.74, 6) is 1.78. The van der Waals surface area contributed by atoms with Crippen molar-refractivity contribution in [1.29, 1.82) is 0 Å². The van der Waals surface area contributed by atoms with Gasteiger partial charge in [-0.25, -0.2) is 0 Å². The van der Waals surface area contributed by atoms with Crippen LogP contribution in [0.15, 0.2) is 30.3 Å². The maximum Gasteiger partial charge on any atom is 0.232 e. The van der Waals surface area contributed by atoms with Gasteiger partial charge in [0.15, 0.2) is 0 Å². The Labute approximate surface area is 94.0 Å². The van der Waals surface area contributed by atoms with Gasteiger partial charge < -0.3 is 10.6 Å². The van der Waals surface area contributed by atoms with Crippen molar-refractivity contribution in [3.63, 3.8) is 0 Å². The maximum absolute atomic E-state index is 4.20. The second kappa shape index (κ2) is 4.57. The Hall–Kier alpha value is -2.17. The van der Waals surface area contributed by atoms with Crippen molar-refractivity contribution in [1.82, 2.24) is 15.0 Å². The molecule has 82 valence electrons. The standard InChI is InChI=1S/C11H13N5/c1-8-13-10(12-2)16-11(14-8)15-9-6-4-3-5-7-9/h3-7H,1-2H3,(H2,12,13,14,15,16). The number of aryl methyl sites for hydroxylation is 1. The smallest absolute Gasteiger partial charge is 0.232 e. The molecule has 0 atom stereocenters. The van der Waals surface area contributed by atoms with Gasteiger partial charge >= 0.3 is 0 Å². The van der Waals surface area contributed by atoms with Crippen LogP contribution in [-0.4, -0.2) is 22.0 Å². The van der Waals surface area contributed by atoms with Gasteiger partial charge in [0.2, 0.25) is 11.9 Å². The average molecular weight is 215 g/mol. The highest BCUT2D eigenvalue weighted by Crippen LogP contribution is 2.12. The highest BCUT2D eigenvalue weighted by molar-refractivity contribution is 5.53. The Morgan fingerprint density at radius 3 is 2.31 bits per heavy atom. The minimum absolute atomic E-state index is 0.544. The van der Waals surface area contributed by atoms with E-state index in [0.717, 1.165) is 5.69 Å². The predicted octanol–water partition coefficient (Wildman–Crippen LogP) is 1.97. The van der Waals surface area contributed by atoms with Crippen molar-refractivity contribution < 1.29 is 0 Å². The summed E-state index contributed by atoms with van der Waals surface area (Å²) in [6.45, 7) is 1.83. The molecule has 2 aromatic rings. The molecule has 0 aliphatic carbocycles. The van der Waals surface area contributed by atoms with Crippen LogP contribution in [0.4, 0.5) is 17.6 Å². The highest BCUT2D eigenvalue weighted by atomic mass is 15.2. The summed E-state index contributed by atoms with van der Waals surface area (Å²) in [7, 11) is 1.78. The molecule has 1 heterocycles. The van der Waals surface area contributed by atoms with Crippen molar-refractivity contribution in [3.8, 4) is 0 Å². The van der Waals surface area contributed by atoms with E-state index in [2.05, 4.69) is 25.6 Å². The fourth-order valence-corrected chi connectivity index (χ4v) is 1.30. The van der Waals surface area contributed by atoms with Crippen LogP contribution >= 0.6 is 0 Å². The predicted molar refractivity (Wildman–Crippen MR) is 63.8 cm³/mol. The Kier molecular flexibility index (Phi) is 2.95. The summed E-state index contributed by atoms with van der Waals surface area (Å²) >= 11 is 0. The van der Waals surface area contributed by atoms with E-state index in [1.807, 2.05) is 37.3 Å². The lowest BCUT2D eigenvalue weighted by Gasteiger charge is -2.06. The highest BCUT2D eigenvalue weighted by Gasteiger charge is 2.02. The van der Waals surface area contributed by atoms with E-state index in [4.69, 9.17) is 0 Å². The van der Waals surface area contributed by atoms with Crippen molar-refractivity contribution in [2.24, 2.45) is 0 Å². The topological polar surface area (TPSA) is 62.7 Å². The zero-order valence-electron chi connectivity index (χ0n) is 9.23. The van der Waals surface area contributed by atoms with Crippen LogP contribution in [0.2, 0.25) is 0 Å². The molecule has 16 heavy (non-hydrogen) atoms. The van der Waals surface area contributed by atoms with Crippen LogP contribution < -0.4 is 10.6 Å². The molecule has 0 saturated carbocycles. The first-order chi connectivity index (χ1) is 7.78. The quantitative estimate of drug-likeness (QED) is 0.819. The van der Waals surface area contributed by atoms with Crippen LogP contribution in [0, 0.1) is 6.92 Å². The van der Waals surface area contributed by atoms with Crippen LogP contribution in [0.5, 0.6) is 0 Å². The maximum atomic E-state index is 4.20. The first kappa shape index (κ1) is 10.4. The monoisotopic (exact) mass is 215 g/mol. The summed E-state index contributed by atoms with van der Waals surface area (Å²) in [6.07, 6.45) is 0. The van der Waals surface area contributed by atoms with E-state index in [1.54, 1.807) is 7.05 Å². The molecule has 2 N–H and O–H groups in total. The van der Waals surface area contributed by atoms with Gasteiger partial charge in [0, 0.05) is 12.7 Å². The number of nitrogens with zero attached hydrogens (tertiary/aromatic N) is 3. The number of aromatic nitrogens is 3. The molecule has 0 saturated heterocycles. The number of nitrogens with one attached hydrogen (secondary N) is 2. The van der Waals surface area contributed by atoms with Crippen molar-refractivity contribution in [2.45, 2.75) is 6.92 Å². The number of anilines is 3. The van der Waals surface area contributed by atoms with Crippen LogP contribution in [0.1, 0.15) is 5.82 Å². The second-order valence-corrected chi connectivity index (χ2v) is 3.27. The van der Waals surface area contributed by atoms with E-state index in [1.165, 1.54) is 0 Å². The summed E-state index contributed by atoms with van der Waals surface area (Å²) in [6, 6.07) is 9.78. The fourth-order valence-electron chi connectivity index (χ4n) is 1.30. The van der Waals surface area contributed by atoms with Crippen molar-refractivity contribution in [3.05, 3.63) is 36.2 Å². The molecule has 5 heteroatoms. The van der Waals surface area contributed by atoms with Gasteiger partial charge in [-0.2, -0.15) is 15.0 Å². The van der Waals surface area contributed by atoms with Crippen molar-refractivity contribution in [2.75, 3.05) is 17.7 Å². The minimum atomic E-state index is 0.544. The number of hydrogen-bond donors (Lipinski definition) is 2. The third kappa shape index (κ3) is 2.44.